The number of methoxy groups -OCH3 is 2. The zero-order valence-corrected chi connectivity index (χ0v) is 15.0. The number of ether oxygens (including phenoxy) is 2. The quantitative estimate of drug-likeness (QED) is 0.694. The Labute approximate surface area is 152 Å². The van der Waals surface area contributed by atoms with Gasteiger partial charge in [0.15, 0.2) is 17.3 Å². The van der Waals surface area contributed by atoms with E-state index in [1.165, 1.54) is 0 Å². The van der Waals surface area contributed by atoms with E-state index in [0.717, 1.165) is 23.7 Å². The minimum atomic E-state index is 0.407. The lowest BCUT2D eigenvalue weighted by molar-refractivity contribution is 0.355. The van der Waals surface area contributed by atoms with Crippen molar-refractivity contribution in [2.45, 2.75) is 6.92 Å². The molecule has 2 aromatic carbocycles. The Morgan fingerprint density at radius 1 is 1.00 bits per heavy atom. The third-order valence-corrected chi connectivity index (χ3v) is 3.85. The Bertz CT molecular complexity index is 858. The molecule has 0 saturated heterocycles. The van der Waals surface area contributed by atoms with Gasteiger partial charge < -0.3 is 19.7 Å². The highest BCUT2D eigenvalue weighted by Gasteiger charge is 2.11. The number of rotatable bonds is 7. The van der Waals surface area contributed by atoms with Crippen LogP contribution in [0.4, 0.5) is 23.1 Å². The number of hydrogen-bond donors (Lipinski definition) is 1. The number of anilines is 4. The molecule has 0 amide bonds. The summed E-state index contributed by atoms with van der Waals surface area (Å²) in [7, 11) is 3.20. The van der Waals surface area contributed by atoms with Gasteiger partial charge in [-0.25, -0.2) is 0 Å². The summed E-state index contributed by atoms with van der Waals surface area (Å²) < 4.78 is 10.6. The van der Waals surface area contributed by atoms with Crippen molar-refractivity contribution in [2.24, 2.45) is 0 Å². The molecule has 0 aliphatic carbocycles. The fourth-order valence-corrected chi connectivity index (χ4v) is 2.61. The zero-order chi connectivity index (χ0) is 18.4. The average molecular weight is 351 g/mol. The van der Waals surface area contributed by atoms with Gasteiger partial charge in [0.2, 0.25) is 5.95 Å². The van der Waals surface area contributed by atoms with E-state index in [-0.39, 0.29) is 0 Å². The molecule has 3 rings (SSSR count). The van der Waals surface area contributed by atoms with E-state index < -0.39 is 0 Å². The molecule has 0 bridgehead atoms. The van der Waals surface area contributed by atoms with Crippen LogP contribution < -0.4 is 19.7 Å². The third-order valence-electron chi connectivity index (χ3n) is 3.85. The third kappa shape index (κ3) is 3.83. The summed E-state index contributed by atoms with van der Waals surface area (Å²) in [4.78, 5) is 6.65. The molecular weight excluding hydrogens is 330 g/mol. The van der Waals surface area contributed by atoms with Gasteiger partial charge in [0.1, 0.15) is 0 Å². The Balaban J connectivity index is 1.85. The highest BCUT2D eigenvalue weighted by molar-refractivity contribution is 5.63. The maximum absolute atomic E-state index is 5.32. The highest BCUT2D eigenvalue weighted by atomic mass is 16.5. The van der Waals surface area contributed by atoms with E-state index in [0.29, 0.717) is 17.4 Å². The average Bonchev–Trinajstić information content (AvgIpc) is 2.69. The molecule has 3 aromatic rings. The molecule has 7 nitrogen and oxygen atoms in total. The van der Waals surface area contributed by atoms with E-state index in [4.69, 9.17) is 9.47 Å². The second-order valence-electron chi connectivity index (χ2n) is 5.41. The van der Waals surface area contributed by atoms with E-state index in [1.807, 2.05) is 48.5 Å². The van der Waals surface area contributed by atoms with Gasteiger partial charge in [0.25, 0.3) is 0 Å². The molecule has 134 valence electrons. The van der Waals surface area contributed by atoms with E-state index in [2.05, 4.69) is 32.3 Å². The number of aromatic nitrogens is 3. The van der Waals surface area contributed by atoms with Crippen LogP contribution in [-0.4, -0.2) is 35.9 Å². The van der Waals surface area contributed by atoms with Crippen molar-refractivity contribution in [1.29, 1.82) is 0 Å². The van der Waals surface area contributed by atoms with Crippen molar-refractivity contribution in [2.75, 3.05) is 31.0 Å². The number of benzene rings is 2. The van der Waals surface area contributed by atoms with Gasteiger partial charge in [-0.15, -0.1) is 5.10 Å². The number of para-hydroxylation sites is 1. The predicted molar refractivity (Wildman–Crippen MR) is 102 cm³/mol. The van der Waals surface area contributed by atoms with Crippen LogP contribution >= 0.6 is 0 Å². The first-order valence-electron chi connectivity index (χ1n) is 8.26. The van der Waals surface area contributed by atoms with Crippen molar-refractivity contribution in [3.05, 3.63) is 54.7 Å². The topological polar surface area (TPSA) is 72.4 Å². The van der Waals surface area contributed by atoms with E-state index in [9.17, 15) is 0 Å². The number of hydrogen-bond acceptors (Lipinski definition) is 7. The summed E-state index contributed by atoms with van der Waals surface area (Å²) in [5.41, 5.74) is 1.83. The molecule has 0 aliphatic heterocycles. The summed E-state index contributed by atoms with van der Waals surface area (Å²) >= 11 is 0. The van der Waals surface area contributed by atoms with Crippen molar-refractivity contribution in [3.8, 4) is 11.5 Å². The van der Waals surface area contributed by atoms with Crippen molar-refractivity contribution < 1.29 is 9.47 Å². The minimum absolute atomic E-state index is 0.407. The lowest BCUT2D eigenvalue weighted by atomic mass is 10.3. The Morgan fingerprint density at radius 2 is 1.77 bits per heavy atom. The van der Waals surface area contributed by atoms with Gasteiger partial charge in [0, 0.05) is 24.0 Å². The van der Waals surface area contributed by atoms with E-state index in [1.54, 1.807) is 20.4 Å². The standard InChI is InChI=1S/C19H21N5O2/c1-4-24(15-8-6-5-7-9-15)18-13-20-23-19(22-18)21-14-10-11-16(25-2)17(12-14)26-3/h5-13H,4H2,1-3H3,(H,21,22,23). The molecule has 0 atom stereocenters. The number of nitrogens with zero attached hydrogens (tertiary/aromatic N) is 4. The second kappa shape index (κ2) is 8.15. The van der Waals surface area contributed by atoms with Crippen molar-refractivity contribution >= 4 is 23.1 Å². The molecule has 26 heavy (non-hydrogen) atoms. The lowest BCUT2D eigenvalue weighted by Gasteiger charge is -2.21. The molecule has 0 aliphatic rings. The molecular formula is C19H21N5O2. The lowest BCUT2D eigenvalue weighted by Crippen LogP contribution is -2.18. The van der Waals surface area contributed by atoms with Gasteiger partial charge in [0.05, 0.1) is 20.4 Å². The maximum Gasteiger partial charge on any atom is 0.249 e. The van der Waals surface area contributed by atoms with Gasteiger partial charge in [-0.2, -0.15) is 10.1 Å². The van der Waals surface area contributed by atoms with Gasteiger partial charge in [-0.05, 0) is 31.2 Å². The fraction of sp³-hybridized carbons (Fsp3) is 0.211. The minimum Gasteiger partial charge on any atom is -0.493 e. The first-order valence-corrected chi connectivity index (χ1v) is 8.26. The first-order chi connectivity index (χ1) is 12.7. The van der Waals surface area contributed by atoms with Crippen LogP contribution in [0.25, 0.3) is 0 Å². The van der Waals surface area contributed by atoms with Crippen LogP contribution in [0.15, 0.2) is 54.7 Å². The molecule has 7 heteroatoms. The Hall–Kier alpha value is -3.35. The van der Waals surface area contributed by atoms with Crippen LogP contribution in [0.2, 0.25) is 0 Å². The van der Waals surface area contributed by atoms with Crippen LogP contribution in [0.1, 0.15) is 6.92 Å². The van der Waals surface area contributed by atoms with Crippen molar-refractivity contribution in [1.82, 2.24) is 15.2 Å². The van der Waals surface area contributed by atoms with Gasteiger partial charge in [-0.1, -0.05) is 18.2 Å². The zero-order valence-electron chi connectivity index (χ0n) is 15.0. The Kier molecular flexibility index (Phi) is 5.48. The monoisotopic (exact) mass is 351 g/mol. The normalized spacial score (nSPS) is 10.3. The number of nitrogens with one attached hydrogen (secondary N) is 1. The smallest absolute Gasteiger partial charge is 0.249 e. The van der Waals surface area contributed by atoms with Crippen LogP contribution in [0, 0.1) is 0 Å². The summed E-state index contributed by atoms with van der Waals surface area (Å²) in [6, 6.07) is 15.6. The van der Waals surface area contributed by atoms with Gasteiger partial charge in [-0.3, -0.25) is 0 Å². The van der Waals surface area contributed by atoms with Gasteiger partial charge >= 0.3 is 0 Å². The molecule has 1 heterocycles. The molecule has 0 radical (unpaired) electrons. The fourth-order valence-electron chi connectivity index (χ4n) is 2.61. The maximum atomic E-state index is 5.32. The van der Waals surface area contributed by atoms with E-state index >= 15 is 0 Å². The van der Waals surface area contributed by atoms with Crippen LogP contribution in [0.3, 0.4) is 0 Å². The second-order valence-corrected chi connectivity index (χ2v) is 5.41. The Morgan fingerprint density at radius 3 is 2.46 bits per heavy atom. The SMILES string of the molecule is CCN(c1ccccc1)c1cnnc(Nc2ccc(OC)c(OC)c2)n1. The predicted octanol–water partition coefficient (Wildman–Crippen LogP) is 3.79. The largest absolute Gasteiger partial charge is 0.493 e. The van der Waals surface area contributed by atoms with Crippen LogP contribution in [0.5, 0.6) is 11.5 Å². The van der Waals surface area contributed by atoms with Crippen molar-refractivity contribution in [3.63, 3.8) is 0 Å². The molecule has 0 saturated carbocycles. The summed E-state index contributed by atoms with van der Waals surface area (Å²) in [5.74, 6) is 2.41. The first kappa shape index (κ1) is 17.5. The molecule has 0 spiro atoms. The molecule has 0 unspecified atom stereocenters. The van der Waals surface area contributed by atoms with Crippen LogP contribution in [-0.2, 0) is 0 Å². The summed E-state index contributed by atoms with van der Waals surface area (Å²) in [5, 5.41) is 11.3. The highest BCUT2D eigenvalue weighted by Crippen LogP contribution is 2.31. The molecule has 1 aromatic heterocycles. The molecule has 1 N–H and O–H groups in total. The molecule has 0 fully saturated rings. The summed E-state index contributed by atoms with van der Waals surface area (Å²) in [6.07, 6.45) is 1.65. The summed E-state index contributed by atoms with van der Waals surface area (Å²) in [6.45, 7) is 2.83.